The van der Waals surface area contributed by atoms with Crippen molar-refractivity contribution in [2.75, 3.05) is 58.5 Å². The number of aryl methyl sites for hydroxylation is 1. The molecule has 4 aromatic rings. The highest BCUT2D eigenvalue weighted by Crippen LogP contribution is 2.35. The van der Waals surface area contributed by atoms with Crippen LogP contribution in [0.4, 0.5) is 11.4 Å². The van der Waals surface area contributed by atoms with Crippen molar-refractivity contribution in [3.8, 4) is 22.8 Å². The Morgan fingerprint density at radius 1 is 0.923 bits per heavy atom. The molecule has 39 heavy (non-hydrogen) atoms. The Bertz CT molecular complexity index is 1420. The Kier molecular flexibility index (Phi) is 7.07. The zero-order chi connectivity index (χ0) is 26.8. The molecule has 6 rings (SSSR count). The minimum atomic E-state index is -0.376. The molecule has 10 nitrogen and oxygen atoms in total. The highest BCUT2D eigenvalue weighted by molar-refractivity contribution is 5.82. The summed E-state index contributed by atoms with van der Waals surface area (Å²) >= 11 is 0. The van der Waals surface area contributed by atoms with E-state index >= 15 is 0 Å². The van der Waals surface area contributed by atoms with Gasteiger partial charge < -0.3 is 28.7 Å². The number of hydrogen-bond acceptors (Lipinski definition) is 9. The molecule has 10 heteroatoms. The molecule has 2 aromatic heterocycles. The smallest absolute Gasteiger partial charge is 0.170 e. The minimum Gasteiger partial charge on any atom is -0.497 e. The van der Waals surface area contributed by atoms with Crippen LogP contribution < -0.4 is 14.4 Å². The topological polar surface area (TPSA) is 87.0 Å². The van der Waals surface area contributed by atoms with E-state index in [1.165, 1.54) is 0 Å². The predicted molar refractivity (Wildman–Crippen MR) is 149 cm³/mol. The van der Waals surface area contributed by atoms with Gasteiger partial charge in [0.25, 0.3) is 0 Å². The first-order chi connectivity index (χ1) is 19.0. The van der Waals surface area contributed by atoms with Crippen molar-refractivity contribution in [1.82, 2.24) is 24.6 Å². The Balaban J connectivity index is 1.31. The van der Waals surface area contributed by atoms with Crippen LogP contribution in [0.1, 0.15) is 12.8 Å². The molecule has 0 amide bonds. The summed E-state index contributed by atoms with van der Waals surface area (Å²) in [6.07, 6.45) is 7.33. The zero-order valence-electron chi connectivity index (χ0n) is 22.7. The molecule has 2 aliphatic heterocycles. The van der Waals surface area contributed by atoms with Crippen LogP contribution in [-0.4, -0.2) is 84.0 Å². The van der Waals surface area contributed by atoms with Gasteiger partial charge in [-0.05, 0) is 18.2 Å². The molecule has 0 aliphatic carbocycles. The molecule has 0 unspecified atom stereocenters. The third kappa shape index (κ3) is 5.40. The molecule has 0 radical (unpaired) electrons. The van der Waals surface area contributed by atoms with Crippen LogP contribution in [0.25, 0.3) is 22.3 Å². The Morgan fingerprint density at radius 3 is 2.33 bits per heavy atom. The van der Waals surface area contributed by atoms with Crippen molar-refractivity contribution >= 4 is 22.4 Å². The van der Waals surface area contributed by atoms with Crippen molar-refractivity contribution in [1.29, 1.82) is 0 Å². The molecule has 2 fully saturated rings. The van der Waals surface area contributed by atoms with Gasteiger partial charge in [0.1, 0.15) is 11.5 Å². The number of fused-ring (bicyclic) bond motifs is 1. The lowest BCUT2D eigenvalue weighted by Gasteiger charge is -2.38. The van der Waals surface area contributed by atoms with E-state index in [1.807, 2.05) is 37.5 Å². The number of methoxy groups -OCH3 is 2. The molecule has 2 saturated heterocycles. The second kappa shape index (κ2) is 10.8. The van der Waals surface area contributed by atoms with Gasteiger partial charge in [0.2, 0.25) is 0 Å². The van der Waals surface area contributed by atoms with E-state index in [0.29, 0.717) is 13.2 Å². The first-order valence-corrected chi connectivity index (χ1v) is 13.3. The monoisotopic (exact) mass is 530 g/mol. The van der Waals surface area contributed by atoms with Gasteiger partial charge in [-0.3, -0.25) is 9.67 Å². The van der Waals surface area contributed by atoms with E-state index in [-0.39, 0.29) is 5.79 Å². The largest absolute Gasteiger partial charge is 0.497 e. The summed E-state index contributed by atoms with van der Waals surface area (Å²) in [7, 11) is 5.24. The summed E-state index contributed by atoms with van der Waals surface area (Å²) in [5, 5.41) is 4.28. The van der Waals surface area contributed by atoms with E-state index in [1.54, 1.807) is 31.3 Å². The number of piperidine rings is 1. The number of hydrogen-bond donors (Lipinski definition) is 0. The van der Waals surface area contributed by atoms with Gasteiger partial charge in [-0.15, -0.1) is 0 Å². The SMILES string of the molecule is COc1cc(OC)cc(N(CCN2CCC3(CC2)OCCO3)c2ccc3ncc(-c4cnn(C)c4)nc3c2)c1. The molecule has 204 valence electrons. The third-order valence-electron chi connectivity index (χ3n) is 7.56. The number of anilines is 2. The Labute approximate surface area is 228 Å². The molecular weight excluding hydrogens is 496 g/mol. The minimum absolute atomic E-state index is 0.376. The second-order valence-corrected chi connectivity index (χ2v) is 10.0. The van der Waals surface area contributed by atoms with Crippen molar-refractivity contribution in [2.24, 2.45) is 7.05 Å². The average Bonchev–Trinajstić information content (AvgIpc) is 3.62. The molecule has 2 aromatic carbocycles. The third-order valence-corrected chi connectivity index (χ3v) is 7.56. The van der Waals surface area contributed by atoms with Crippen molar-refractivity contribution < 1.29 is 18.9 Å². The molecule has 0 N–H and O–H groups in total. The van der Waals surface area contributed by atoms with Gasteiger partial charge in [0.15, 0.2) is 5.79 Å². The van der Waals surface area contributed by atoms with Gasteiger partial charge in [0.05, 0.1) is 56.6 Å². The average molecular weight is 531 g/mol. The molecule has 0 bridgehead atoms. The lowest BCUT2D eigenvalue weighted by molar-refractivity contribution is -0.184. The maximum atomic E-state index is 5.92. The van der Waals surface area contributed by atoms with Crippen LogP contribution in [0.2, 0.25) is 0 Å². The fraction of sp³-hybridized carbons (Fsp3) is 0.414. The van der Waals surface area contributed by atoms with Gasteiger partial charge in [-0.1, -0.05) is 0 Å². The molecule has 4 heterocycles. The van der Waals surface area contributed by atoms with E-state index < -0.39 is 0 Å². The molecule has 0 atom stereocenters. The van der Waals surface area contributed by atoms with E-state index in [4.69, 9.17) is 23.9 Å². The maximum absolute atomic E-state index is 5.92. The van der Waals surface area contributed by atoms with Crippen molar-refractivity contribution in [2.45, 2.75) is 18.6 Å². The fourth-order valence-electron chi connectivity index (χ4n) is 5.36. The van der Waals surface area contributed by atoms with Crippen molar-refractivity contribution in [3.63, 3.8) is 0 Å². The highest BCUT2D eigenvalue weighted by atomic mass is 16.7. The number of rotatable bonds is 8. The second-order valence-electron chi connectivity index (χ2n) is 10.0. The summed E-state index contributed by atoms with van der Waals surface area (Å²) in [5.74, 6) is 1.10. The maximum Gasteiger partial charge on any atom is 0.170 e. The molecule has 0 saturated carbocycles. The summed E-state index contributed by atoms with van der Waals surface area (Å²) in [6, 6.07) is 12.2. The summed E-state index contributed by atoms with van der Waals surface area (Å²) in [5.41, 5.74) is 5.39. The normalized spacial score (nSPS) is 17.1. The van der Waals surface area contributed by atoms with Gasteiger partial charge in [-0.2, -0.15) is 5.10 Å². The summed E-state index contributed by atoms with van der Waals surface area (Å²) < 4.78 is 24.8. The van der Waals surface area contributed by atoms with Gasteiger partial charge in [-0.25, -0.2) is 4.98 Å². The van der Waals surface area contributed by atoms with Crippen LogP contribution in [-0.2, 0) is 16.5 Å². The number of likely N-dealkylation sites (tertiary alicyclic amines) is 1. The van der Waals surface area contributed by atoms with E-state index in [0.717, 1.165) is 84.2 Å². The quantitative estimate of drug-likeness (QED) is 0.335. The van der Waals surface area contributed by atoms with Crippen LogP contribution in [0.3, 0.4) is 0 Å². The molecule has 2 aliphatic rings. The Morgan fingerprint density at radius 2 is 1.67 bits per heavy atom. The van der Waals surface area contributed by atoms with E-state index in [9.17, 15) is 0 Å². The lowest BCUT2D eigenvalue weighted by atomic mass is 10.0. The van der Waals surface area contributed by atoms with Crippen LogP contribution in [0.15, 0.2) is 55.0 Å². The Hall–Kier alpha value is -3.73. The number of aromatic nitrogens is 4. The van der Waals surface area contributed by atoms with Gasteiger partial charge in [0, 0.05) is 87.4 Å². The standard InChI is InChI=1S/C29H34N6O4/c1-33-20-21(18-31-33)28-19-30-26-5-4-22(16-27(26)32-28)35(23-14-24(36-2)17-25(15-23)37-3)11-10-34-8-6-29(7-9-34)38-12-13-39-29/h4-5,14-20H,6-13H2,1-3H3. The molecular formula is C29H34N6O4. The number of ether oxygens (including phenoxy) is 4. The summed E-state index contributed by atoms with van der Waals surface area (Å²) in [4.78, 5) is 14.3. The molecule has 1 spiro atoms. The zero-order valence-corrected chi connectivity index (χ0v) is 22.7. The lowest BCUT2D eigenvalue weighted by Crippen LogP contribution is -2.46. The first-order valence-electron chi connectivity index (χ1n) is 13.3. The highest BCUT2D eigenvalue weighted by Gasteiger charge is 2.39. The number of nitrogens with zero attached hydrogens (tertiary/aromatic N) is 6. The van der Waals surface area contributed by atoms with Crippen LogP contribution in [0, 0.1) is 0 Å². The van der Waals surface area contributed by atoms with E-state index in [2.05, 4.69) is 32.0 Å². The van der Waals surface area contributed by atoms with Gasteiger partial charge >= 0.3 is 0 Å². The summed E-state index contributed by atoms with van der Waals surface area (Å²) in [6.45, 7) is 4.92. The van der Waals surface area contributed by atoms with Crippen LogP contribution in [0.5, 0.6) is 11.5 Å². The number of benzene rings is 2. The predicted octanol–water partition coefficient (Wildman–Crippen LogP) is 4.02. The van der Waals surface area contributed by atoms with Crippen molar-refractivity contribution in [3.05, 3.63) is 55.0 Å². The fourth-order valence-corrected chi connectivity index (χ4v) is 5.36. The van der Waals surface area contributed by atoms with Crippen LogP contribution >= 0.6 is 0 Å². The first kappa shape index (κ1) is 25.5.